The highest BCUT2D eigenvalue weighted by Gasteiger charge is 2.03. The molecule has 2 aromatic rings. The summed E-state index contributed by atoms with van der Waals surface area (Å²) in [5.41, 5.74) is 2.40. The minimum atomic E-state index is 0.406. The Balaban J connectivity index is 1.84. The molecule has 0 aliphatic rings. The first-order valence-corrected chi connectivity index (χ1v) is 6.54. The van der Waals surface area contributed by atoms with E-state index in [-0.39, 0.29) is 0 Å². The molecule has 0 fully saturated rings. The van der Waals surface area contributed by atoms with Gasteiger partial charge < -0.3 is 5.32 Å². The van der Waals surface area contributed by atoms with Gasteiger partial charge in [0.1, 0.15) is 5.15 Å². The van der Waals surface area contributed by atoms with Crippen molar-refractivity contribution >= 4 is 17.3 Å². The molecule has 0 aliphatic carbocycles. The van der Waals surface area contributed by atoms with Gasteiger partial charge in [0.25, 0.3) is 0 Å². The summed E-state index contributed by atoms with van der Waals surface area (Å²) in [5, 5.41) is 3.95. The van der Waals surface area contributed by atoms with E-state index < -0.39 is 0 Å². The van der Waals surface area contributed by atoms with Crippen LogP contribution in [0.1, 0.15) is 18.9 Å². The molecular weight excluding hydrogens is 244 g/mol. The Morgan fingerprint density at radius 1 is 1.22 bits per heavy atom. The number of pyridine rings is 1. The van der Waals surface area contributed by atoms with Crippen molar-refractivity contribution < 1.29 is 0 Å². The van der Waals surface area contributed by atoms with Gasteiger partial charge in [-0.25, -0.2) is 4.98 Å². The lowest BCUT2D eigenvalue weighted by molar-refractivity contribution is 0.706. The SMILES string of the molecule is CC(CCc1ccccc1)Nc1ccnc(Cl)c1. The number of benzene rings is 1. The molecule has 0 aliphatic heterocycles. The molecule has 1 heterocycles. The number of hydrogen-bond acceptors (Lipinski definition) is 2. The lowest BCUT2D eigenvalue weighted by Gasteiger charge is -2.15. The predicted molar refractivity (Wildman–Crippen MR) is 77.1 cm³/mol. The van der Waals surface area contributed by atoms with Crippen molar-refractivity contribution in [3.05, 3.63) is 59.4 Å². The van der Waals surface area contributed by atoms with Gasteiger partial charge in [0.15, 0.2) is 0 Å². The first kappa shape index (κ1) is 12.9. The molecule has 1 N–H and O–H groups in total. The third-order valence-electron chi connectivity index (χ3n) is 2.85. The Morgan fingerprint density at radius 3 is 2.72 bits per heavy atom. The first-order chi connectivity index (χ1) is 8.74. The molecule has 1 aromatic carbocycles. The van der Waals surface area contributed by atoms with E-state index >= 15 is 0 Å². The molecule has 1 unspecified atom stereocenters. The summed E-state index contributed by atoms with van der Waals surface area (Å²) in [5.74, 6) is 0. The zero-order valence-electron chi connectivity index (χ0n) is 10.4. The van der Waals surface area contributed by atoms with E-state index in [1.165, 1.54) is 5.56 Å². The van der Waals surface area contributed by atoms with Crippen molar-refractivity contribution in [1.82, 2.24) is 4.98 Å². The summed E-state index contributed by atoms with van der Waals surface area (Å²) >= 11 is 5.85. The summed E-state index contributed by atoms with van der Waals surface area (Å²) in [6.07, 6.45) is 3.88. The number of anilines is 1. The molecule has 18 heavy (non-hydrogen) atoms. The maximum Gasteiger partial charge on any atom is 0.131 e. The van der Waals surface area contributed by atoms with Crippen LogP contribution in [0.3, 0.4) is 0 Å². The molecule has 0 saturated carbocycles. The summed E-state index contributed by atoms with van der Waals surface area (Å²) in [6.45, 7) is 2.18. The summed E-state index contributed by atoms with van der Waals surface area (Å²) in [7, 11) is 0. The third kappa shape index (κ3) is 4.04. The number of nitrogens with zero attached hydrogens (tertiary/aromatic N) is 1. The van der Waals surface area contributed by atoms with Gasteiger partial charge >= 0.3 is 0 Å². The van der Waals surface area contributed by atoms with Crippen LogP contribution in [0.2, 0.25) is 5.15 Å². The van der Waals surface area contributed by atoms with E-state index in [1.54, 1.807) is 6.20 Å². The Morgan fingerprint density at radius 2 is 2.00 bits per heavy atom. The van der Waals surface area contributed by atoms with Crippen molar-refractivity contribution in [3.8, 4) is 0 Å². The minimum Gasteiger partial charge on any atom is -0.382 e. The number of aryl methyl sites for hydroxylation is 1. The van der Waals surface area contributed by atoms with E-state index in [1.807, 2.05) is 18.2 Å². The maximum absolute atomic E-state index is 5.85. The van der Waals surface area contributed by atoms with Crippen LogP contribution >= 0.6 is 11.6 Å². The Bertz CT molecular complexity index is 485. The molecule has 2 nitrogen and oxygen atoms in total. The van der Waals surface area contributed by atoms with E-state index in [0.717, 1.165) is 18.5 Å². The quantitative estimate of drug-likeness (QED) is 0.817. The zero-order chi connectivity index (χ0) is 12.8. The highest BCUT2D eigenvalue weighted by molar-refractivity contribution is 6.29. The topological polar surface area (TPSA) is 24.9 Å². The molecule has 0 saturated heterocycles. The van der Waals surface area contributed by atoms with E-state index in [0.29, 0.717) is 11.2 Å². The molecule has 2 rings (SSSR count). The van der Waals surface area contributed by atoms with Gasteiger partial charge in [-0.2, -0.15) is 0 Å². The monoisotopic (exact) mass is 260 g/mol. The van der Waals surface area contributed by atoms with Crippen LogP contribution in [0.25, 0.3) is 0 Å². The third-order valence-corrected chi connectivity index (χ3v) is 3.06. The number of hydrogen-bond donors (Lipinski definition) is 1. The van der Waals surface area contributed by atoms with Gasteiger partial charge in [-0.15, -0.1) is 0 Å². The zero-order valence-corrected chi connectivity index (χ0v) is 11.2. The average Bonchev–Trinajstić information content (AvgIpc) is 2.38. The largest absolute Gasteiger partial charge is 0.382 e. The minimum absolute atomic E-state index is 0.406. The van der Waals surface area contributed by atoms with Crippen LogP contribution in [0.15, 0.2) is 48.7 Å². The molecule has 1 atom stereocenters. The summed E-state index contributed by atoms with van der Waals surface area (Å²) in [4.78, 5) is 3.97. The first-order valence-electron chi connectivity index (χ1n) is 6.16. The second kappa shape index (κ2) is 6.41. The number of rotatable bonds is 5. The lowest BCUT2D eigenvalue weighted by atomic mass is 10.1. The van der Waals surface area contributed by atoms with Crippen molar-refractivity contribution in [2.45, 2.75) is 25.8 Å². The van der Waals surface area contributed by atoms with Crippen LogP contribution in [0.4, 0.5) is 5.69 Å². The van der Waals surface area contributed by atoms with Crippen LogP contribution in [-0.4, -0.2) is 11.0 Å². The summed E-state index contributed by atoms with van der Waals surface area (Å²) < 4.78 is 0. The van der Waals surface area contributed by atoms with E-state index in [2.05, 4.69) is 41.5 Å². The normalized spacial score (nSPS) is 12.1. The molecular formula is C15H17ClN2. The average molecular weight is 261 g/mol. The smallest absolute Gasteiger partial charge is 0.131 e. The van der Waals surface area contributed by atoms with E-state index in [4.69, 9.17) is 11.6 Å². The molecule has 3 heteroatoms. The van der Waals surface area contributed by atoms with Crippen molar-refractivity contribution in [3.63, 3.8) is 0 Å². The number of nitrogens with one attached hydrogen (secondary N) is 1. The lowest BCUT2D eigenvalue weighted by Crippen LogP contribution is -2.15. The van der Waals surface area contributed by atoms with Crippen LogP contribution in [0.5, 0.6) is 0 Å². The van der Waals surface area contributed by atoms with Crippen LogP contribution in [0, 0.1) is 0 Å². The van der Waals surface area contributed by atoms with E-state index in [9.17, 15) is 0 Å². The second-order valence-corrected chi connectivity index (χ2v) is 4.82. The van der Waals surface area contributed by atoms with Gasteiger partial charge in [-0.1, -0.05) is 41.9 Å². The predicted octanol–water partition coefficient (Wildman–Crippen LogP) is 4.17. The fourth-order valence-corrected chi connectivity index (χ4v) is 2.05. The maximum atomic E-state index is 5.85. The Kier molecular flexibility index (Phi) is 4.59. The molecule has 1 aromatic heterocycles. The van der Waals surface area contributed by atoms with Gasteiger partial charge in [-0.05, 0) is 37.5 Å². The highest BCUT2D eigenvalue weighted by atomic mass is 35.5. The number of aromatic nitrogens is 1. The molecule has 0 bridgehead atoms. The van der Waals surface area contributed by atoms with Crippen molar-refractivity contribution in [1.29, 1.82) is 0 Å². The fraction of sp³-hybridized carbons (Fsp3) is 0.267. The molecule has 0 amide bonds. The van der Waals surface area contributed by atoms with Crippen molar-refractivity contribution in [2.75, 3.05) is 5.32 Å². The fourth-order valence-electron chi connectivity index (χ4n) is 1.88. The van der Waals surface area contributed by atoms with Crippen LogP contribution in [-0.2, 0) is 6.42 Å². The highest BCUT2D eigenvalue weighted by Crippen LogP contribution is 2.14. The van der Waals surface area contributed by atoms with Crippen LogP contribution < -0.4 is 5.32 Å². The standard InChI is InChI=1S/C15H17ClN2/c1-12(7-8-13-5-3-2-4-6-13)18-14-9-10-17-15(16)11-14/h2-6,9-12H,7-8H2,1H3,(H,17,18). The molecule has 0 radical (unpaired) electrons. The molecule has 94 valence electrons. The molecule has 0 spiro atoms. The second-order valence-electron chi connectivity index (χ2n) is 4.44. The van der Waals surface area contributed by atoms with Crippen molar-refractivity contribution in [2.24, 2.45) is 0 Å². The van der Waals surface area contributed by atoms with Gasteiger partial charge in [0.05, 0.1) is 0 Å². The Hall–Kier alpha value is -1.54. The van der Waals surface area contributed by atoms with Gasteiger partial charge in [0, 0.05) is 17.9 Å². The Labute approximate surface area is 113 Å². The van der Waals surface area contributed by atoms with Gasteiger partial charge in [0.2, 0.25) is 0 Å². The number of halogens is 1. The van der Waals surface area contributed by atoms with Gasteiger partial charge in [-0.3, -0.25) is 0 Å². The summed E-state index contributed by atoms with van der Waals surface area (Å²) in [6, 6.07) is 14.7.